The molecule has 1 aliphatic heterocycles. The molecule has 1 saturated heterocycles. The van der Waals surface area contributed by atoms with Crippen LogP contribution >= 0.6 is 0 Å². The molecule has 3 heterocycles. The van der Waals surface area contributed by atoms with Crippen LogP contribution in [0.1, 0.15) is 30.3 Å². The van der Waals surface area contributed by atoms with Gasteiger partial charge in [-0.1, -0.05) is 18.2 Å². The van der Waals surface area contributed by atoms with Crippen molar-refractivity contribution in [2.75, 3.05) is 18.4 Å². The van der Waals surface area contributed by atoms with E-state index in [1.165, 1.54) is 0 Å². The Morgan fingerprint density at radius 3 is 3.08 bits per heavy atom. The van der Waals surface area contributed by atoms with Gasteiger partial charge in [-0.25, -0.2) is 9.78 Å². The number of aryl methyl sites for hydroxylation is 1. The Hall–Kier alpha value is -2.89. The van der Waals surface area contributed by atoms with Crippen LogP contribution in [-0.4, -0.2) is 39.0 Å². The van der Waals surface area contributed by atoms with Gasteiger partial charge in [-0.05, 0) is 31.9 Å². The van der Waals surface area contributed by atoms with Crippen LogP contribution < -0.4 is 5.32 Å². The van der Waals surface area contributed by atoms with E-state index in [-0.39, 0.29) is 11.9 Å². The van der Waals surface area contributed by atoms with Crippen LogP contribution in [0.3, 0.4) is 0 Å². The van der Waals surface area contributed by atoms with Crippen molar-refractivity contribution in [2.24, 2.45) is 0 Å². The van der Waals surface area contributed by atoms with Crippen molar-refractivity contribution in [1.82, 2.24) is 19.9 Å². The average molecular weight is 335 g/mol. The van der Waals surface area contributed by atoms with E-state index >= 15 is 0 Å². The number of fused-ring (bicyclic) bond motifs is 1. The zero-order chi connectivity index (χ0) is 17.2. The molecular formula is C19H21N5O. The number of para-hydroxylation sites is 1. The highest BCUT2D eigenvalue weighted by atomic mass is 16.2. The number of urea groups is 1. The van der Waals surface area contributed by atoms with Crippen molar-refractivity contribution < 1.29 is 4.79 Å². The molecule has 3 aromatic rings. The van der Waals surface area contributed by atoms with E-state index in [9.17, 15) is 4.79 Å². The number of benzene rings is 1. The molecule has 0 saturated carbocycles. The minimum Gasteiger partial charge on any atom is -0.348 e. The van der Waals surface area contributed by atoms with Crippen LogP contribution in [0.5, 0.6) is 0 Å². The summed E-state index contributed by atoms with van der Waals surface area (Å²) in [5.74, 6) is 1.22. The number of imidazole rings is 1. The van der Waals surface area contributed by atoms with Gasteiger partial charge in [0.25, 0.3) is 0 Å². The lowest BCUT2D eigenvalue weighted by atomic mass is 9.98. The van der Waals surface area contributed by atoms with Crippen molar-refractivity contribution in [1.29, 1.82) is 0 Å². The first-order chi connectivity index (χ1) is 12.2. The van der Waals surface area contributed by atoms with Gasteiger partial charge in [0.1, 0.15) is 5.82 Å². The molecule has 6 heteroatoms. The van der Waals surface area contributed by atoms with Crippen LogP contribution in [0.2, 0.25) is 0 Å². The first kappa shape index (κ1) is 15.6. The van der Waals surface area contributed by atoms with Crippen molar-refractivity contribution in [3.8, 4) is 0 Å². The van der Waals surface area contributed by atoms with Crippen LogP contribution in [0.15, 0.2) is 42.7 Å². The summed E-state index contributed by atoms with van der Waals surface area (Å²) in [7, 11) is 0. The second kappa shape index (κ2) is 6.55. The van der Waals surface area contributed by atoms with E-state index in [0.717, 1.165) is 47.5 Å². The Morgan fingerprint density at radius 2 is 2.24 bits per heavy atom. The molecule has 1 fully saturated rings. The zero-order valence-electron chi connectivity index (χ0n) is 14.2. The number of anilines is 1. The minimum atomic E-state index is -0.0768. The van der Waals surface area contributed by atoms with Crippen molar-refractivity contribution in [3.63, 3.8) is 0 Å². The molecule has 0 aliphatic carbocycles. The molecule has 4 rings (SSSR count). The summed E-state index contributed by atoms with van der Waals surface area (Å²) >= 11 is 0. The predicted molar refractivity (Wildman–Crippen MR) is 97.6 cm³/mol. The molecule has 6 nitrogen and oxygen atoms in total. The maximum atomic E-state index is 12.8. The number of H-pyrrole nitrogens is 1. The zero-order valence-corrected chi connectivity index (χ0v) is 14.2. The maximum absolute atomic E-state index is 12.8. The largest absolute Gasteiger partial charge is 0.348 e. The molecule has 128 valence electrons. The first-order valence-corrected chi connectivity index (χ1v) is 8.62. The fourth-order valence-electron chi connectivity index (χ4n) is 3.43. The normalized spacial score (nSPS) is 17.6. The monoisotopic (exact) mass is 335 g/mol. The Balaban J connectivity index is 1.53. The molecule has 0 unspecified atom stereocenters. The van der Waals surface area contributed by atoms with Crippen LogP contribution in [0, 0.1) is 6.92 Å². The van der Waals surface area contributed by atoms with Gasteiger partial charge >= 0.3 is 6.03 Å². The Kier molecular flexibility index (Phi) is 4.09. The van der Waals surface area contributed by atoms with Crippen molar-refractivity contribution >= 4 is 22.6 Å². The summed E-state index contributed by atoms with van der Waals surface area (Å²) in [4.78, 5) is 26.7. The van der Waals surface area contributed by atoms with E-state index in [1.54, 1.807) is 6.20 Å². The topological polar surface area (TPSA) is 73.9 Å². The Labute approximate surface area is 146 Å². The summed E-state index contributed by atoms with van der Waals surface area (Å²) in [5, 5.41) is 4.07. The van der Waals surface area contributed by atoms with E-state index in [0.29, 0.717) is 6.54 Å². The lowest BCUT2D eigenvalue weighted by Gasteiger charge is -2.32. The number of amides is 2. The number of nitrogens with zero attached hydrogens (tertiary/aromatic N) is 3. The number of hydrogen-bond acceptors (Lipinski definition) is 3. The van der Waals surface area contributed by atoms with Gasteiger partial charge in [0.05, 0.1) is 11.2 Å². The molecule has 0 spiro atoms. The standard InChI is InChI=1S/C19H21N5O/c1-13-7-8-14-4-2-6-16(17(14)22-13)23-19(25)24-11-3-5-15(12-24)18-20-9-10-21-18/h2,4,6-10,15H,3,5,11-12H2,1H3,(H,20,21)(H,23,25)/t15-/m0/s1. The van der Waals surface area contributed by atoms with E-state index in [2.05, 4.69) is 20.3 Å². The summed E-state index contributed by atoms with van der Waals surface area (Å²) in [6.07, 6.45) is 5.62. The summed E-state index contributed by atoms with van der Waals surface area (Å²) in [5.41, 5.74) is 2.52. The fraction of sp³-hybridized carbons (Fsp3) is 0.316. The number of aromatic nitrogens is 3. The molecule has 1 aliphatic rings. The van der Waals surface area contributed by atoms with Gasteiger partial charge in [-0.2, -0.15) is 0 Å². The minimum absolute atomic E-state index is 0.0768. The van der Waals surface area contributed by atoms with Gasteiger partial charge < -0.3 is 15.2 Å². The number of nitrogens with one attached hydrogen (secondary N) is 2. The smallest absolute Gasteiger partial charge is 0.321 e. The number of likely N-dealkylation sites (tertiary alicyclic amines) is 1. The second-order valence-electron chi connectivity index (χ2n) is 6.52. The highest BCUT2D eigenvalue weighted by Gasteiger charge is 2.26. The predicted octanol–water partition coefficient (Wildman–Crippen LogP) is 3.68. The fourth-order valence-corrected chi connectivity index (χ4v) is 3.43. The van der Waals surface area contributed by atoms with E-state index < -0.39 is 0 Å². The number of aromatic amines is 1. The molecular weight excluding hydrogens is 314 g/mol. The van der Waals surface area contributed by atoms with Gasteiger partial charge in [-0.3, -0.25) is 4.98 Å². The number of carbonyl (C=O) groups excluding carboxylic acids is 1. The Bertz CT molecular complexity index is 890. The number of rotatable bonds is 2. The van der Waals surface area contributed by atoms with Gasteiger partial charge in [-0.15, -0.1) is 0 Å². The molecule has 25 heavy (non-hydrogen) atoms. The van der Waals surface area contributed by atoms with Gasteiger partial charge in [0.2, 0.25) is 0 Å². The van der Waals surface area contributed by atoms with Crippen LogP contribution in [0.4, 0.5) is 10.5 Å². The summed E-state index contributed by atoms with van der Waals surface area (Å²) in [6.45, 7) is 3.40. The van der Waals surface area contributed by atoms with Gasteiger partial charge in [0.15, 0.2) is 0 Å². The number of carbonyl (C=O) groups is 1. The molecule has 0 radical (unpaired) electrons. The van der Waals surface area contributed by atoms with Gasteiger partial charge in [0, 0.05) is 42.5 Å². The van der Waals surface area contributed by atoms with Crippen molar-refractivity contribution in [3.05, 3.63) is 54.2 Å². The lowest BCUT2D eigenvalue weighted by molar-refractivity contribution is 0.191. The number of pyridine rings is 1. The highest BCUT2D eigenvalue weighted by molar-refractivity contribution is 5.99. The van der Waals surface area contributed by atoms with E-state index in [1.807, 2.05) is 48.4 Å². The molecule has 2 N–H and O–H groups in total. The Morgan fingerprint density at radius 1 is 1.32 bits per heavy atom. The molecule has 2 aromatic heterocycles. The maximum Gasteiger partial charge on any atom is 0.321 e. The summed E-state index contributed by atoms with van der Waals surface area (Å²) < 4.78 is 0. The summed E-state index contributed by atoms with van der Waals surface area (Å²) in [6, 6.07) is 9.78. The third-order valence-electron chi connectivity index (χ3n) is 4.72. The van der Waals surface area contributed by atoms with Crippen molar-refractivity contribution in [2.45, 2.75) is 25.7 Å². The number of piperidine rings is 1. The quantitative estimate of drug-likeness (QED) is 0.750. The average Bonchev–Trinajstić information content (AvgIpc) is 3.17. The third kappa shape index (κ3) is 3.20. The molecule has 2 amide bonds. The third-order valence-corrected chi connectivity index (χ3v) is 4.72. The first-order valence-electron chi connectivity index (χ1n) is 8.62. The highest BCUT2D eigenvalue weighted by Crippen LogP contribution is 2.26. The number of hydrogen-bond donors (Lipinski definition) is 2. The molecule has 1 aromatic carbocycles. The second-order valence-corrected chi connectivity index (χ2v) is 6.52. The van der Waals surface area contributed by atoms with Crippen LogP contribution in [0.25, 0.3) is 10.9 Å². The SMILES string of the molecule is Cc1ccc2cccc(NC(=O)N3CCC[C@H](c4ncc[nH]4)C3)c2n1. The lowest BCUT2D eigenvalue weighted by Crippen LogP contribution is -2.41. The molecule has 1 atom stereocenters. The van der Waals surface area contributed by atoms with Crippen LogP contribution in [-0.2, 0) is 0 Å². The van der Waals surface area contributed by atoms with E-state index in [4.69, 9.17) is 0 Å². The molecule has 0 bridgehead atoms.